The molecule has 228 valence electrons. The molecule has 44 heavy (non-hydrogen) atoms. The molecule has 1 saturated heterocycles. The smallest absolute Gasteiger partial charge is 0.256 e. The number of amides is 2. The predicted octanol–water partition coefficient (Wildman–Crippen LogP) is 8.18. The van der Waals surface area contributed by atoms with Crippen LogP contribution >= 0.6 is 0 Å². The van der Waals surface area contributed by atoms with E-state index < -0.39 is 0 Å². The van der Waals surface area contributed by atoms with E-state index in [4.69, 9.17) is 0 Å². The Morgan fingerprint density at radius 2 is 1.50 bits per heavy atom. The van der Waals surface area contributed by atoms with Gasteiger partial charge < -0.3 is 15.5 Å². The lowest BCUT2D eigenvalue weighted by atomic mass is 9.79. The molecule has 2 N–H and O–H groups in total. The third-order valence-corrected chi connectivity index (χ3v) is 8.60. The van der Waals surface area contributed by atoms with Crippen LogP contribution in [-0.2, 0) is 10.2 Å². The van der Waals surface area contributed by atoms with E-state index in [9.17, 15) is 14.0 Å². The highest BCUT2D eigenvalue weighted by Crippen LogP contribution is 2.35. The Bertz CT molecular complexity index is 1570. The molecular formula is C38H42FN3O2. The van der Waals surface area contributed by atoms with E-state index in [1.54, 1.807) is 12.1 Å². The van der Waals surface area contributed by atoms with Crippen LogP contribution in [0.1, 0.15) is 67.9 Å². The van der Waals surface area contributed by atoms with Gasteiger partial charge in [0, 0.05) is 36.6 Å². The Morgan fingerprint density at radius 1 is 0.864 bits per heavy atom. The molecule has 5 nitrogen and oxygen atoms in total. The van der Waals surface area contributed by atoms with Gasteiger partial charge in [-0.3, -0.25) is 9.59 Å². The number of carbonyl (C=O) groups is 2. The van der Waals surface area contributed by atoms with Gasteiger partial charge in [-0.25, -0.2) is 4.39 Å². The summed E-state index contributed by atoms with van der Waals surface area (Å²) in [4.78, 5) is 28.7. The number of benzene rings is 4. The van der Waals surface area contributed by atoms with Crippen LogP contribution in [0.25, 0.3) is 11.1 Å². The molecule has 0 saturated carbocycles. The number of anilines is 2. The number of piperidine rings is 1. The molecule has 0 bridgehead atoms. The maximum absolute atomic E-state index is 13.6. The van der Waals surface area contributed by atoms with Crippen molar-refractivity contribution < 1.29 is 14.0 Å². The molecule has 1 heterocycles. The normalized spacial score (nSPS) is 14.6. The SMILES string of the molecule is CCNC(=O)C(c1ccc(F)cc1)C1CCN(c2ccc(NC(=O)c3ccccc3-c3ccc(C(C)(C)C)cc3)cc2)CC1. The number of rotatable bonds is 8. The van der Waals surface area contributed by atoms with Crippen molar-refractivity contribution in [3.63, 3.8) is 0 Å². The van der Waals surface area contributed by atoms with Gasteiger partial charge in [0.2, 0.25) is 5.91 Å². The standard InChI is InChI=1S/C38H42FN3O2/c1-5-40-37(44)35(27-12-16-30(39)17-13-27)28-22-24-42(25-23-28)32-20-18-31(19-21-32)41-36(43)34-9-7-6-8-33(34)26-10-14-29(15-11-26)38(2,3)4/h6-21,28,35H,5,22-25H2,1-4H3,(H,40,44)(H,41,43). The minimum absolute atomic E-state index is 0.00106. The van der Waals surface area contributed by atoms with Crippen molar-refractivity contribution in [1.29, 1.82) is 0 Å². The number of hydrogen-bond acceptors (Lipinski definition) is 3. The number of carbonyl (C=O) groups excluding carboxylic acids is 2. The third-order valence-electron chi connectivity index (χ3n) is 8.60. The third kappa shape index (κ3) is 7.19. The number of halogens is 1. The molecule has 0 spiro atoms. The van der Waals surface area contributed by atoms with Gasteiger partial charge in [-0.1, -0.05) is 75.4 Å². The van der Waals surface area contributed by atoms with Crippen molar-refractivity contribution in [2.24, 2.45) is 5.92 Å². The topological polar surface area (TPSA) is 61.4 Å². The first-order valence-electron chi connectivity index (χ1n) is 15.5. The first-order chi connectivity index (χ1) is 21.1. The Hall–Kier alpha value is -4.45. The van der Waals surface area contributed by atoms with E-state index in [1.165, 1.54) is 17.7 Å². The van der Waals surface area contributed by atoms with Crippen molar-refractivity contribution >= 4 is 23.2 Å². The highest BCUT2D eigenvalue weighted by Gasteiger charge is 2.32. The highest BCUT2D eigenvalue weighted by molar-refractivity contribution is 6.08. The number of nitrogens with zero attached hydrogens (tertiary/aromatic N) is 1. The van der Waals surface area contributed by atoms with Crippen LogP contribution in [0.3, 0.4) is 0 Å². The molecule has 0 aliphatic carbocycles. The summed E-state index contributed by atoms with van der Waals surface area (Å²) in [6, 6.07) is 30.4. The Kier molecular flexibility index (Phi) is 9.48. The summed E-state index contributed by atoms with van der Waals surface area (Å²) >= 11 is 0. The first-order valence-corrected chi connectivity index (χ1v) is 15.5. The van der Waals surface area contributed by atoms with E-state index in [0.29, 0.717) is 12.1 Å². The lowest BCUT2D eigenvalue weighted by Crippen LogP contribution is -2.40. The fourth-order valence-corrected chi connectivity index (χ4v) is 6.12. The van der Waals surface area contributed by atoms with Crippen LogP contribution in [0.2, 0.25) is 0 Å². The van der Waals surface area contributed by atoms with E-state index in [1.807, 2.05) is 55.5 Å². The molecule has 6 heteroatoms. The molecular weight excluding hydrogens is 549 g/mol. The van der Waals surface area contributed by atoms with Crippen LogP contribution in [0.4, 0.5) is 15.8 Å². The number of nitrogens with one attached hydrogen (secondary N) is 2. The Balaban J connectivity index is 1.23. The van der Waals surface area contributed by atoms with Crippen LogP contribution in [0, 0.1) is 11.7 Å². The zero-order chi connectivity index (χ0) is 31.3. The molecule has 1 aliphatic rings. The molecule has 1 unspecified atom stereocenters. The maximum atomic E-state index is 13.6. The second-order valence-electron chi connectivity index (χ2n) is 12.6. The fourth-order valence-electron chi connectivity index (χ4n) is 6.12. The highest BCUT2D eigenvalue weighted by atomic mass is 19.1. The van der Waals surface area contributed by atoms with Gasteiger partial charge in [0.05, 0.1) is 5.92 Å². The fraction of sp³-hybridized carbons (Fsp3) is 0.316. The molecule has 4 aromatic rings. The van der Waals surface area contributed by atoms with E-state index in [2.05, 4.69) is 60.6 Å². The van der Waals surface area contributed by atoms with Crippen LogP contribution in [-0.4, -0.2) is 31.4 Å². The zero-order valence-electron chi connectivity index (χ0n) is 26.1. The number of hydrogen-bond donors (Lipinski definition) is 2. The molecule has 4 aromatic carbocycles. The largest absolute Gasteiger partial charge is 0.372 e. The summed E-state index contributed by atoms with van der Waals surface area (Å²) in [6.07, 6.45) is 1.70. The summed E-state index contributed by atoms with van der Waals surface area (Å²) in [5.41, 5.74) is 6.53. The lowest BCUT2D eigenvalue weighted by Gasteiger charge is -2.37. The van der Waals surface area contributed by atoms with Gasteiger partial charge in [-0.15, -0.1) is 0 Å². The van der Waals surface area contributed by atoms with Gasteiger partial charge >= 0.3 is 0 Å². The molecule has 0 aromatic heterocycles. The van der Waals surface area contributed by atoms with Crippen molar-refractivity contribution in [1.82, 2.24) is 5.32 Å². The van der Waals surface area contributed by atoms with Crippen molar-refractivity contribution in [2.45, 2.75) is 51.9 Å². The summed E-state index contributed by atoms with van der Waals surface area (Å²) in [6.45, 7) is 10.7. The van der Waals surface area contributed by atoms with Crippen LogP contribution in [0.5, 0.6) is 0 Å². The Labute approximate surface area is 260 Å². The summed E-state index contributed by atoms with van der Waals surface area (Å²) in [7, 11) is 0. The molecule has 1 atom stereocenters. The summed E-state index contributed by atoms with van der Waals surface area (Å²) in [5.74, 6) is -0.568. The average Bonchev–Trinajstić information content (AvgIpc) is 3.03. The van der Waals surface area contributed by atoms with Crippen molar-refractivity contribution in [3.05, 3.63) is 120 Å². The summed E-state index contributed by atoms with van der Waals surface area (Å²) in [5, 5.41) is 6.05. The molecule has 0 radical (unpaired) electrons. The lowest BCUT2D eigenvalue weighted by molar-refractivity contribution is -0.123. The van der Waals surface area contributed by atoms with Crippen molar-refractivity contribution in [2.75, 3.05) is 29.9 Å². The van der Waals surface area contributed by atoms with Gasteiger partial charge in [0.1, 0.15) is 5.82 Å². The van der Waals surface area contributed by atoms with Gasteiger partial charge in [-0.2, -0.15) is 0 Å². The average molecular weight is 592 g/mol. The Morgan fingerprint density at radius 3 is 2.11 bits per heavy atom. The zero-order valence-corrected chi connectivity index (χ0v) is 26.1. The van der Waals surface area contributed by atoms with Gasteiger partial charge in [-0.05, 0) is 95.8 Å². The van der Waals surface area contributed by atoms with E-state index in [0.717, 1.165) is 54.0 Å². The second-order valence-corrected chi connectivity index (χ2v) is 12.6. The maximum Gasteiger partial charge on any atom is 0.256 e. The predicted molar refractivity (Wildman–Crippen MR) is 178 cm³/mol. The summed E-state index contributed by atoms with van der Waals surface area (Å²) < 4.78 is 13.6. The molecule has 2 amide bonds. The second kappa shape index (κ2) is 13.5. The minimum atomic E-state index is -0.298. The quantitative estimate of drug-likeness (QED) is 0.217. The van der Waals surface area contributed by atoms with Crippen molar-refractivity contribution in [3.8, 4) is 11.1 Å². The molecule has 5 rings (SSSR count). The van der Waals surface area contributed by atoms with Gasteiger partial charge in [0.15, 0.2) is 0 Å². The van der Waals surface area contributed by atoms with Gasteiger partial charge in [0.25, 0.3) is 5.91 Å². The van der Waals surface area contributed by atoms with Crippen LogP contribution < -0.4 is 15.5 Å². The minimum Gasteiger partial charge on any atom is -0.372 e. The molecule has 1 fully saturated rings. The van der Waals surface area contributed by atoms with Crippen LogP contribution in [0.15, 0.2) is 97.1 Å². The van der Waals surface area contributed by atoms with E-state index >= 15 is 0 Å². The van der Waals surface area contributed by atoms with E-state index in [-0.39, 0.29) is 34.9 Å². The monoisotopic (exact) mass is 591 g/mol. The first kappa shape index (κ1) is 31.0. The number of likely N-dealkylation sites (N-methyl/N-ethyl adjacent to an activating group) is 1. The molecule has 1 aliphatic heterocycles.